The summed E-state index contributed by atoms with van der Waals surface area (Å²) >= 11 is 0. The van der Waals surface area contributed by atoms with E-state index >= 15 is 0 Å². The quantitative estimate of drug-likeness (QED) is 0.504. The predicted octanol–water partition coefficient (Wildman–Crippen LogP) is 2.43. The molecule has 2 N–H and O–H groups in total. The van der Waals surface area contributed by atoms with Gasteiger partial charge in [0, 0.05) is 6.07 Å². The van der Waals surface area contributed by atoms with Crippen molar-refractivity contribution in [2.24, 2.45) is 5.84 Å². The smallest absolute Gasteiger partial charge is 0.326 e. The van der Waals surface area contributed by atoms with Crippen LogP contribution in [0.15, 0.2) is 48.5 Å². The van der Waals surface area contributed by atoms with Crippen molar-refractivity contribution in [3.05, 3.63) is 59.7 Å². The predicted molar refractivity (Wildman–Crippen MR) is 85.5 cm³/mol. The molecule has 0 aromatic heterocycles. The summed E-state index contributed by atoms with van der Waals surface area (Å²) in [5.41, 5.74) is 2.99. The number of hydrogen-bond donors (Lipinski definition) is 1. The lowest BCUT2D eigenvalue weighted by atomic mass is 10.2. The first-order valence-electron chi connectivity index (χ1n) is 6.96. The van der Waals surface area contributed by atoms with Crippen LogP contribution in [-0.2, 0) is 16.1 Å². The summed E-state index contributed by atoms with van der Waals surface area (Å²) in [6.07, 6.45) is 0. The van der Waals surface area contributed by atoms with Crippen LogP contribution in [0, 0.1) is 6.92 Å². The molecule has 5 heteroatoms. The molecule has 5 nitrogen and oxygen atoms in total. The van der Waals surface area contributed by atoms with Gasteiger partial charge in [0.05, 0.1) is 12.8 Å². The van der Waals surface area contributed by atoms with Gasteiger partial charge in [-0.15, -0.1) is 0 Å². The second-order valence-electron chi connectivity index (χ2n) is 4.98. The van der Waals surface area contributed by atoms with E-state index in [9.17, 15) is 4.79 Å². The van der Waals surface area contributed by atoms with Crippen molar-refractivity contribution in [1.82, 2.24) is 0 Å². The summed E-state index contributed by atoms with van der Waals surface area (Å²) in [6, 6.07) is 15.4. The molecule has 0 bridgehead atoms. The first-order chi connectivity index (χ1) is 10.6. The van der Waals surface area contributed by atoms with Gasteiger partial charge in [0.25, 0.3) is 0 Å². The fourth-order valence-electron chi connectivity index (χ4n) is 1.90. The highest BCUT2D eigenvalue weighted by Crippen LogP contribution is 2.20. The first-order valence-corrected chi connectivity index (χ1v) is 6.96. The number of ether oxygens (including phenoxy) is 2. The van der Waals surface area contributed by atoms with E-state index in [1.54, 1.807) is 6.07 Å². The molecule has 0 fully saturated rings. The van der Waals surface area contributed by atoms with Gasteiger partial charge < -0.3 is 9.47 Å². The number of carbonyl (C=O) groups excluding carboxylic acids is 1. The molecule has 22 heavy (non-hydrogen) atoms. The van der Waals surface area contributed by atoms with Crippen LogP contribution in [0.3, 0.4) is 0 Å². The normalized spacial score (nSPS) is 10.1. The summed E-state index contributed by atoms with van der Waals surface area (Å²) in [5, 5.41) is 1.32. The minimum atomic E-state index is -0.395. The molecule has 0 aliphatic carbocycles. The molecule has 0 radical (unpaired) electrons. The van der Waals surface area contributed by atoms with Gasteiger partial charge in [-0.05, 0) is 24.6 Å². The number of methoxy groups -OCH3 is 1. The van der Waals surface area contributed by atoms with Crippen molar-refractivity contribution in [3.8, 4) is 5.75 Å². The molecule has 0 aliphatic heterocycles. The fourth-order valence-corrected chi connectivity index (χ4v) is 1.90. The number of anilines is 1. The van der Waals surface area contributed by atoms with Crippen molar-refractivity contribution in [3.63, 3.8) is 0 Å². The molecule has 2 aromatic carbocycles. The van der Waals surface area contributed by atoms with Crippen LogP contribution in [0.1, 0.15) is 11.1 Å². The molecule has 0 aliphatic rings. The molecule has 2 rings (SSSR count). The number of esters is 1. The lowest BCUT2D eigenvalue weighted by Crippen LogP contribution is -2.36. The van der Waals surface area contributed by atoms with Gasteiger partial charge in [-0.25, -0.2) is 5.84 Å². The average Bonchev–Trinajstić information content (AvgIpc) is 2.54. The standard InChI is InChI=1S/C17H20N2O3/c1-13-6-8-14(9-7-13)12-22-16-5-3-4-15(10-16)19(18)11-17(20)21-2/h3-10H,11-12,18H2,1-2H3. The van der Waals surface area contributed by atoms with E-state index in [0.717, 1.165) is 5.56 Å². The summed E-state index contributed by atoms with van der Waals surface area (Å²) in [4.78, 5) is 11.2. The van der Waals surface area contributed by atoms with Crippen LogP contribution in [0.25, 0.3) is 0 Å². The highest BCUT2D eigenvalue weighted by Gasteiger charge is 2.08. The zero-order valence-corrected chi connectivity index (χ0v) is 12.8. The molecule has 116 valence electrons. The Hall–Kier alpha value is -2.53. The van der Waals surface area contributed by atoms with E-state index in [1.807, 2.05) is 49.4 Å². The van der Waals surface area contributed by atoms with Gasteiger partial charge in [-0.2, -0.15) is 0 Å². The van der Waals surface area contributed by atoms with E-state index in [0.29, 0.717) is 18.0 Å². The Bertz CT molecular complexity index is 626. The lowest BCUT2D eigenvalue weighted by molar-refractivity contribution is -0.138. The van der Waals surface area contributed by atoms with E-state index < -0.39 is 5.97 Å². The second-order valence-corrected chi connectivity index (χ2v) is 4.98. The molecule has 0 saturated carbocycles. The molecule has 0 spiro atoms. The van der Waals surface area contributed by atoms with E-state index in [2.05, 4.69) is 4.74 Å². The lowest BCUT2D eigenvalue weighted by Gasteiger charge is -2.18. The molecule has 0 amide bonds. The number of rotatable bonds is 6. The Labute approximate surface area is 130 Å². The maximum atomic E-state index is 11.2. The Balaban J connectivity index is 1.99. The van der Waals surface area contributed by atoms with E-state index in [4.69, 9.17) is 10.6 Å². The zero-order chi connectivity index (χ0) is 15.9. The third-order valence-corrected chi connectivity index (χ3v) is 3.20. The zero-order valence-electron chi connectivity index (χ0n) is 12.8. The SMILES string of the molecule is COC(=O)CN(N)c1cccc(OCc2ccc(C)cc2)c1. The topological polar surface area (TPSA) is 64.8 Å². The second kappa shape index (κ2) is 7.47. The van der Waals surface area contributed by atoms with Crippen LogP contribution >= 0.6 is 0 Å². The highest BCUT2D eigenvalue weighted by molar-refractivity contribution is 5.75. The minimum absolute atomic E-state index is 0.0160. The maximum Gasteiger partial charge on any atom is 0.326 e. The summed E-state index contributed by atoms with van der Waals surface area (Å²) < 4.78 is 10.4. The Morgan fingerprint density at radius 3 is 2.59 bits per heavy atom. The molecular formula is C17H20N2O3. The molecule has 0 unspecified atom stereocenters. The van der Waals surface area contributed by atoms with E-state index in [1.165, 1.54) is 17.7 Å². The van der Waals surface area contributed by atoms with Gasteiger partial charge in [-0.1, -0.05) is 35.9 Å². The first kappa shape index (κ1) is 15.9. The van der Waals surface area contributed by atoms with Gasteiger partial charge in [0.2, 0.25) is 0 Å². The monoisotopic (exact) mass is 300 g/mol. The van der Waals surface area contributed by atoms with Crippen LogP contribution in [-0.4, -0.2) is 19.6 Å². The van der Waals surface area contributed by atoms with Gasteiger partial charge in [0.1, 0.15) is 18.9 Å². The third-order valence-electron chi connectivity index (χ3n) is 3.20. The van der Waals surface area contributed by atoms with Crippen LogP contribution < -0.4 is 15.6 Å². The molecule has 0 atom stereocenters. The fraction of sp³-hybridized carbons (Fsp3) is 0.235. The van der Waals surface area contributed by atoms with Crippen LogP contribution in [0.5, 0.6) is 5.75 Å². The van der Waals surface area contributed by atoms with Crippen molar-refractivity contribution >= 4 is 11.7 Å². The molecule has 0 saturated heterocycles. The molecule has 2 aromatic rings. The number of hydrazine groups is 1. The maximum absolute atomic E-state index is 11.2. The number of hydrogen-bond acceptors (Lipinski definition) is 5. The molecular weight excluding hydrogens is 280 g/mol. The van der Waals surface area contributed by atoms with E-state index in [-0.39, 0.29) is 6.54 Å². The Morgan fingerprint density at radius 1 is 1.18 bits per heavy atom. The minimum Gasteiger partial charge on any atom is -0.489 e. The average molecular weight is 300 g/mol. The number of nitrogens with zero attached hydrogens (tertiary/aromatic N) is 1. The summed E-state index contributed by atoms with van der Waals surface area (Å²) in [7, 11) is 1.33. The van der Waals surface area contributed by atoms with Gasteiger partial charge >= 0.3 is 5.97 Å². The number of benzene rings is 2. The third kappa shape index (κ3) is 4.49. The summed E-state index contributed by atoms with van der Waals surface area (Å²) in [5.74, 6) is 6.14. The van der Waals surface area contributed by atoms with Crippen molar-refractivity contribution in [2.75, 3.05) is 18.7 Å². The Morgan fingerprint density at radius 2 is 1.91 bits per heavy atom. The number of aryl methyl sites for hydroxylation is 1. The number of nitrogens with two attached hydrogens (primary N) is 1. The van der Waals surface area contributed by atoms with Crippen LogP contribution in [0.4, 0.5) is 5.69 Å². The van der Waals surface area contributed by atoms with Crippen LogP contribution in [0.2, 0.25) is 0 Å². The van der Waals surface area contributed by atoms with Crippen molar-refractivity contribution in [2.45, 2.75) is 13.5 Å². The number of carbonyl (C=O) groups is 1. The van der Waals surface area contributed by atoms with Crippen molar-refractivity contribution < 1.29 is 14.3 Å². The van der Waals surface area contributed by atoms with Gasteiger partial charge in [-0.3, -0.25) is 9.80 Å². The van der Waals surface area contributed by atoms with Gasteiger partial charge in [0.15, 0.2) is 0 Å². The summed E-state index contributed by atoms with van der Waals surface area (Å²) in [6.45, 7) is 2.51. The Kier molecular flexibility index (Phi) is 5.38. The molecule has 0 heterocycles. The highest BCUT2D eigenvalue weighted by atomic mass is 16.5. The largest absolute Gasteiger partial charge is 0.489 e. The van der Waals surface area contributed by atoms with Crippen molar-refractivity contribution in [1.29, 1.82) is 0 Å².